The zero-order chi connectivity index (χ0) is 15.9. The molecule has 2 aromatic carbocycles. The van der Waals surface area contributed by atoms with Crippen molar-refractivity contribution in [3.8, 4) is 11.5 Å². The molecule has 2 rings (SSSR count). The van der Waals surface area contributed by atoms with E-state index < -0.39 is 0 Å². The highest BCUT2D eigenvalue weighted by Crippen LogP contribution is 2.28. The van der Waals surface area contributed by atoms with Crippen LogP contribution < -0.4 is 9.47 Å². The van der Waals surface area contributed by atoms with Gasteiger partial charge in [-0.1, -0.05) is 36.4 Å². The minimum absolute atomic E-state index is 0.168. The Morgan fingerprint density at radius 1 is 1.00 bits per heavy atom. The molecule has 0 radical (unpaired) electrons. The molecule has 0 aliphatic carbocycles. The first kappa shape index (κ1) is 16.1. The zero-order valence-corrected chi connectivity index (χ0v) is 13.7. The second-order valence-corrected chi connectivity index (χ2v) is 5.32. The van der Waals surface area contributed by atoms with Crippen LogP contribution in [0.15, 0.2) is 53.5 Å². The number of methoxy groups -OCH3 is 2. The van der Waals surface area contributed by atoms with Gasteiger partial charge in [0.15, 0.2) is 11.5 Å². The molecule has 0 saturated carbocycles. The van der Waals surface area contributed by atoms with Crippen LogP contribution in [-0.2, 0) is 6.42 Å². The molecule has 0 aromatic heterocycles. The van der Waals surface area contributed by atoms with E-state index in [1.807, 2.05) is 36.4 Å². The summed E-state index contributed by atoms with van der Waals surface area (Å²) >= 11 is 0. The Bertz CT molecular complexity index is 635. The lowest BCUT2D eigenvalue weighted by Crippen LogP contribution is -2.02. The van der Waals surface area contributed by atoms with Gasteiger partial charge in [-0.05, 0) is 37.1 Å². The van der Waals surface area contributed by atoms with E-state index in [9.17, 15) is 0 Å². The SMILES string of the molecule is COc1ccc(CC(C)=NC(C)c2ccccc2)cc1OC. The van der Waals surface area contributed by atoms with Gasteiger partial charge in [-0.15, -0.1) is 0 Å². The van der Waals surface area contributed by atoms with Gasteiger partial charge in [-0.25, -0.2) is 0 Å². The van der Waals surface area contributed by atoms with E-state index in [-0.39, 0.29) is 6.04 Å². The molecular formula is C19H23NO2. The lowest BCUT2D eigenvalue weighted by Gasteiger charge is -2.11. The van der Waals surface area contributed by atoms with Crippen LogP contribution >= 0.6 is 0 Å². The maximum atomic E-state index is 5.34. The molecular weight excluding hydrogens is 274 g/mol. The minimum Gasteiger partial charge on any atom is -0.493 e. The molecule has 2 aromatic rings. The molecule has 0 aliphatic rings. The Hall–Kier alpha value is -2.29. The molecule has 0 N–H and O–H groups in total. The summed E-state index contributed by atoms with van der Waals surface area (Å²) in [6.45, 7) is 4.18. The van der Waals surface area contributed by atoms with Crippen LogP contribution in [0, 0.1) is 0 Å². The van der Waals surface area contributed by atoms with E-state index in [0.29, 0.717) is 0 Å². The molecule has 0 fully saturated rings. The van der Waals surface area contributed by atoms with Gasteiger partial charge < -0.3 is 9.47 Å². The van der Waals surface area contributed by atoms with Crippen LogP contribution in [-0.4, -0.2) is 19.9 Å². The number of aliphatic imine (C=N–C) groups is 1. The van der Waals surface area contributed by atoms with Gasteiger partial charge in [-0.3, -0.25) is 4.99 Å². The Morgan fingerprint density at radius 3 is 2.32 bits per heavy atom. The third-order valence-corrected chi connectivity index (χ3v) is 3.60. The van der Waals surface area contributed by atoms with E-state index in [0.717, 1.165) is 23.6 Å². The average Bonchev–Trinajstić information content (AvgIpc) is 2.55. The monoisotopic (exact) mass is 297 g/mol. The van der Waals surface area contributed by atoms with Gasteiger partial charge >= 0.3 is 0 Å². The van der Waals surface area contributed by atoms with Crippen molar-refractivity contribution in [3.63, 3.8) is 0 Å². The van der Waals surface area contributed by atoms with Crippen molar-refractivity contribution in [1.82, 2.24) is 0 Å². The fourth-order valence-electron chi connectivity index (χ4n) is 2.47. The molecule has 1 unspecified atom stereocenters. The van der Waals surface area contributed by atoms with Crippen molar-refractivity contribution < 1.29 is 9.47 Å². The zero-order valence-electron chi connectivity index (χ0n) is 13.7. The van der Waals surface area contributed by atoms with Gasteiger partial charge in [0, 0.05) is 12.1 Å². The first-order chi connectivity index (χ1) is 10.6. The van der Waals surface area contributed by atoms with Crippen molar-refractivity contribution in [2.75, 3.05) is 14.2 Å². The summed E-state index contributed by atoms with van der Waals surface area (Å²) in [7, 11) is 3.30. The van der Waals surface area contributed by atoms with Crippen LogP contribution in [0.5, 0.6) is 11.5 Å². The van der Waals surface area contributed by atoms with Crippen LogP contribution in [0.25, 0.3) is 0 Å². The fourth-order valence-corrected chi connectivity index (χ4v) is 2.47. The van der Waals surface area contributed by atoms with Crippen LogP contribution in [0.2, 0.25) is 0 Å². The summed E-state index contributed by atoms with van der Waals surface area (Å²) in [5, 5.41) is 0. The van der Waals surface area contributed by atoms with Crippen molar-refractivity contribution in [2.24, 2.45) is 4.99 Å². The van der Waals surface area contributed by atoms with E-state index in [2.05, 4.69) is 26.0 Å². The predicted octanol–water partition coefficient (Wildman–Crippen LogP) is 4.47. The summed E-state index contributed by atoms with van der Waals surface area (Å²) in [6.07, 6.45) is 0.803. The first-order valence-corrected chi connectivity index (χ1v) is 7.43. The highest BCUT2D eigenvalue weighted by atomic mass is 16.5. The molecule has 0 heterocycles. The highest BCUT2D eigenvalue weighted by molar-refractivity contribution is 5.84. The number of ether oxygens (including phenoxy) is 2. The van der Waals surface area contributed by atoms with Crippen molar-refractivity contribution in [2.45, 2.75) is 26.3 Å². The van der Waals surface area contributed by atoms with Gasteiger partial charge in [0.2, 0.25) is 0 Å². The summed E-state index contributed by atoms with van der Waals surface area (Å²) in [6, 6.07) is 16.5. The molecule has 1 atom stereocenters. The maximum absolute atomic E-state index is 5.34. The van der Waals surface area contributed by atoms with E-state index in [1.54, 1.807) is 14.2 Å². The molecule has 3 heteroatoms. The summed E-state index contributed by atoms with van der Waals surface area (Å²) in [5.41, 5.74) is 3.50. The highest BCUT2D eigenvalue weighted by Gasteiger charge is 2.07. The topological polar surface area (TPSA) is 30.8 Å². The molecule has 0 spiro atoms. The molecule has 116 valence electrons. The van der Waals surface area contributed by atoms with Gasteiger partial charge in [0.05, 0.1) is 20.3 Å². The van der Waals surface area contributed by atoms with E-state index >= 15 is 0 Å². The summed E-state index contributed by atoms with van der Waals surface area (Å²) in [5.74, 6) is 1.50. The first-order valence-electron chi connectivity index (χ1n) is 7.43. The average molecular weight is 297 g/mol. The van der Waals surface area contributed by atoms with Gasteiger partial charge in [0.1, 0.15) is 0 Å². The summed E-state index contributed by atoms with van der Waals surface area (Å²) in [4.78, 5) is 4.79. The number of hydrogen-bond donors (Lipinski definition) is 0. The molecule has 0 bridgehead atoms. The Labute approximate surface area is 132 Å². The standard InChI is InChI=1S/C19H23NO2/c1-14(20-15(2)17-8-6-5-7-9-17)12-16-10-11-18(21-3)19(13-16)22-4/h5-11,13,15H,12H2,1-4H3. The number of hydrogen-bond acceptors (Lipinski definition) is 3. The fraction of sp³-hybridized carbons (Fsp3) is 0.316. The molecule has 0 amide bonds. The van der Waals surface area contributed by atoms with Crippen molar-refractivity contribution in [3.05, 3.63) is 59.7 Å². The largest absolute Gasteiger partial charge is 0.493 e. The van der Waals surface area contributed by atoms with E-state index in [4.69, 9.17) is 14.5 Å². The summed E-state index contributed by atoms with van der Waals surface area (Å²) < 4.78 is 10.6. The number of rotatable bonds is 6. The second kappa shape index (κ2) is 7.64. The number of nitrogens with zero attached hydrogens (tertiary/aromatic N) is 1. The minimum atomic E-state index is 0.168. The van der Waals surface area contributed by atoms with Gasteiger partial charge in [-0.2, -0.15) is 0 Å². The molecule has 22 heavy (non-hydrogen) atoms. The normalized spacial score (nSPS) is 12.8. The van der Waals surface area contributed by atoms with Crippen molar-refractivity contribution in [1.29, 1.82) is 0 Å². The van der Waals surface area contributed by atoms with Gasteiger partial charge in [0.25, 0.3) is 0 Å². The third kappa shape index (κ3) is 4.10. The van der Waals surface area contributed by atoms with Crippen LogP contribution in [0.3, 0.4) is 0 Å². The number of benzene rings is 2. The predicted molar refractivity (Wildman–Crippen MR) is 91.2 cm³/mol. The smallest absolute Gasteiger partial charge is 0.160 e. The molecule has 0 saturated heterocycles. The van der Waals surface area contributed by atoms with Crippen molar-refractivity contribution >= 4 is 5.71 Å². The quantitative estimate of drug-likeness (QED) is 0.737. The molecule has 3 nitrogen and oxygen atoms in total. The van der Waals surface area contributed by atoms with Crippen LogP contribution in [0.1, 0.15) is 31.0 Å². The maximum Gasteiger partial charge on any atom is 0.160 e. The second-order valence-electron chi connectivity index (χ2n) is 5.32. The lowest BCUT2D eigenvalue weighted by molar-refractivity contribution is 0.354. The lowest BCUT2D eigenvalue weighted by atomic mass is 10.1. The van der Waals surface area contributed by atoms with E-state index in [1.165, 1.54) is 11.1 Å². The third-order valence-electron chi connectivity index (χ3n) is 3.60. The van der Waals surface area contributed by atoms with Crippen LogP contribution in [0.4, 0.5) is 0 Å². The molecule has 0 aliphatic heterocycles. The Kier molecular flexibility index (Phi) is 5.59. The Balaban J connectivity index is 2.11. The Morgan fingerprint density at radius 2 is 1.68 bits per heavy atom.